The molecule has 134 valence electrons. The van der Waals surface area contributed by atoms with Crippen molar-refractivity contribution >= 4 is 29.2 Å². The molecule has 0 bridgehead atoms. The van der Waals surface area contributed by atoms with Crippen LogP contribution in [0.25, 0.3) is 0 Å². The molecule has 0 fully saturated rings. The number of hydrogen-bond acceptors (Lipinski definition) is 4. The van der Waals surface area contributed by atoms with Gasteiger partial charge in [-0.05, 0) is 36.2 Å². The zero-order valence-corrected chi connectivity index (χ0v) is 14.1. The van der Waals surface area contributed by atoms with E-state index < -0.39 is 18.4 Å². The Bertz CT molecular complexity index is 882. The summed E-state index contributed by atoms with van der Waals surface area (Å²) in [5.41, 5.74) is 1.78. The molecule has 0 saturated heterocycles. The number of anilines is 2. The van der Waals surface area contributed by atoms with E-state index in [-0.39, 0.29) is 23.1 Å². The minimum atomic E-state index is -0.962. The number of ether oxygens (including phenoxy) is 1. The smallest absolute Gasteiger partial charge is 0.341 e. The Kier molecular flexibility index (Phi) is 4.97. The number of amides is 2. The molecule has 2 aromatic carbocycles. The highest BCUT2D eigenvalue weighted by molar-refractivity contribution is 5.99. The highest BCUT2D eigenvalue weighted by Crippen LogP contribution is 2.27. The van der Waals surface area contributed by atoms with Gasteiger partial charge in [0.15, 0.2) is 6.61 Å². The molecule has 26 heavy (non-hydrogen) atoms. The van der Waals surface area contributed by atoms with Gasteiger partial charge in [-0.1, -0.05) is 18.2 Å². The van der Waals surface area contributed by atoms with Gasteiger partial charge in [0.2, 0.25) is 5.91 Å². The molecule has 1 heterocycles. The summed E-state index contributed by atoms with van der Waals surface area (Å²) in [6, 6.07) is 11.1. The lowest BCUT2D eigenvalue weighted by Crippen LogP contribution is -2.33. The van der Waals surface area contributed by atoms with Gasteiger partial charge in [0.05, 0.1) is 5.56 Å². The summed E-state index contributed by atoms with van der Waals surface area (Å²) in [6.07, 6.45) is 0.739. The fourth-order valence-electron chi connectivity index (χ4n) is 2.84. The third-order valence-electron chi connectivity index (χ3n) is 4.02. The van der Waals surface area contributed by atoms with Crippen LogP contribution in [-0.4, -0.2) is 30.9 Å². The van der Waals surface area contributed by atoms with Crippen molar-refractivity contribution in [3.8, 4) is 0 Å². The molecule has 1 N–H and O–H groups in total. The number of esters is 1. The first kappa shape index (κ1) is 17.6. The molecular formula is C19H17FN2O4. The van der Waals surface area contributed by atoms with Crippen LogP contribution in [0.15, 0.2) is 42.5 Å². The van der Waals surface area contributed by atoms with Crippen LogP contribution < -0.4 is 10.2 Å². The van der Waals surface area contributed by atoms with Crippen LogP contribution in [0.3, 0.4) is 0 Å². The van der Waals surface area contributed by atoms with E-state index >= 15 is 0 Å². The fourth-order valence-corrected chi connectivity index (χ4v) is 2.84. The van der Waals surface area contributed by atoms with Crippen molar-refractivity contribution in [2.75, 3.05) is 23.4 Å². The molecule has 0 unspecified atom stereocenters. The Balaban J connectivity index is 1.66. The van der Waals surface area contributed by atoms with Gasteiger partial charge < -0.3 is 15.0 Å². The number of carbonyl (C=O) groups excluding carboxylic acids is 3. The van der Waals surface area contributed by atoms with Crippen molar-refractivity contribution in [2.45, 2.75) is 13.3 Å². The lowest BCUT2D eigenvalue weighted by atomic mass is 10.2. The summed E-state index contributed by atoms with van der Waals surface area (Å²) in [6.45, 7) is 1.33. The molecule has 3 rings (SSSR count). The van der Waals surface area contributed by atoms with Gasteiger partial charge in [-0.2, -0.15) is 0 Å². The predicted molar refractivity (Wildman–Crippen MR) is 93.5 cm³/mol. The first-order chi connectivity index (χ1) is 12.5. The van der Waals surface area contributed by atoms with Crippen LogP contribution in [0.5, 0.6) is 0 Å². The van der Waals surface area contributed by atoms with Crippen LogP contribution >= 0.6 is 0 Å². The van der Waals surface area contributed by atoms with Crippen molar-refractivity contribution in [2.24, 2.45) is 0 Å². The Morgan fingerprint density at radius 1 is 1.19 bits per heavy atom. The Morgan fingerprint density at radius 3 is 2.73 bits per heavy atom. The van der Waals surface area contributed by atoms with E-state index in [0.29, 0.717) is 6.54 Å². The van der Waals surface area contributed by atoms with Gasteiger partial charge in [0.25, 0.3) is 5.91 Å². The van der Waals surface area contributed by atoms with Gasteiger partial charge in [0, 0.05) is 24.8 Å². The van der Waals surface area contributed by atoms with Gasteiger partial charge in [-0.15, -0.1) is 0 Å². The van der Waals surface area contributed by atoms with Crippen LogP contribution in [0.1, 0.15) is 22.8 Å². The molecule has 0 spiro atoms. The van der Waals surface area contributed by atoms with E-state index in [1.807, 2.05) is 24.3 Å². The lowest BCUT2D eigenvalue weighted by Gasteiger charge is -2.17. The fraction of sp³-hybridized carbons (Fsp3) is 0.211. The topological polar surface area (TPSA) is 75.7 Å². The quantitative estimate of drug-likeness (QED) is 0.854. The van der Waals surface area contributed by atoms with Gasteiger partial charge >= 0.3 is 5.97 Å². The van der Waals surface area contributed by atoms with E-state index in [1.165, 1.54) is 19.1 Å². The number of hydrogen-bond donors (Lipinski definition) is 1. The molecule has 0 aromatic heterocycles. The van der Waals surface area contributed by atoms with Crippen molar-refractivity contribution in [3.63, 3.8) is 0 Å². The number of fused-ring (bicyclic) bond motifs is 1. The van der Waals surface area contributed by atoms with Crippen LogP contribution in [0.4, 0.5) is 15.8 Å². The van der Waals surface area contributed by atoms with Crippen molar-refractivity contribution in [3.05, 3.63) is 59.4 Å². The molecular weight excluding hydrogens is 339 g/mol. The second-order valence-electron chi connectivity index (χ2n) is 5.88. The summed E-state index contributed by atoms with van der Waals surface area (Å²) in [7, 11) is 0. The highest BCUT2D eigenvalue weighted by atomic mass is 19.1. The molecule has 7 heteroatoms. The second-order valence-corrected chi connectivity index (χ2v) is 5.88. The number of nitrogens with zero attached hydrogens (tertiary/aromatic N) is 1. The molecule has 0 aliphatic carbocycles. The maximum absolute atomic E-state index is 13.9. The van der Waals surface area contributed by atoms with E-state index in [1.54, 1.807) is 4.90 Å². The molecule has 1 aliphatic heterocycles. The Morgan fingerprint density at radius 2 is 1.96 bits per heavy atom. The normalized spacial score (nSPS) is 12.5. The Hall–Kier alpha value is -3.22. The third-order valence-corrected chi connectivity index (χ3v) is 4.02. The molecule has 0 atom stereocenters. The first-order valence-corrected chi connectivity index (χ1v) is 8.08. The lowest BCUT2D eigenvalue weighted by molar-refractivity contribution is -0.121. The zero-order valence-electron chi connectivity index (χ0n) is 14.1. The van der Waals surface area contributed by atoms with Gasteiger partial charge in [0.1, 0.15) is 5.82 Å². The SMILES string of the molecule is CC(=O)Nc1ccc(F)c(C(=O)OCC(=O)N2CCc3ccccc32)c1. The number of halogens is 1. The van der Waals surface area contributed by atoms with E-state index in [0.717, 1.165) is 23.7 Å². The van der Waals surface area contributed by atoms with Crippen molar-refractivity contribution in [1.82, 2.24) is 0 Å². The number of carbonyl (C=O) groups is 3. The summed E-state index contributed by atoms with van der Waals surface area (Å²) in [5, 5.41) is 2.46. The Labute approximate surface area is 149 Å². The largest absolute Gasteiger partial charge is 0.452 e. The first-order valence-electron chi connectivity index (χ1n) is 8.08. The number of benzene rings is 2. The summed E-state index contributed by atoms with van der Waals surface area (Å²) >= 11 is 0. The van der Waals surface area contributed by atoms with Crippen LogP contribution in [0, 0.1) is 5.82 Å². The zero-order chi connectivity index (χ0) is 18.7. The second kappa shape index (κ2) is 7.35. The van der Waals surface area contributed by atoms with E-state index in [4.69, 9.17) is 4.74 Å². The highest BCUT2D eigenvalue weighted by Gasteiger charge is 2.25. The number of rotatable bonds is 4. The average molecular weight is 356 g/mol. The summed E-state index contributed by atoms with van der Waals surface area (Å²) < 4.78 is 18.8. The molecule has 0 radical (unpaired) electrons. The van der Waals surface area contributed by atoms with E-state index in [9.17, 15) is 18.8 Å². The van der Waals surface area contributed by atoms with Crippen molar-refractivity contribution in [1.29, 1.82) is 0 Å². The number of nitrogens with one attached hydrogen (secondary N) is 1. The average Bonchev–Trinajstić information content (AvgIpc) is 3.05. The number of para-hydroxylation sites is 1. The maximum Gasteiger partial charge on any atom is 0.341 e. The minimum Gasteiger partial charge on any atom is -0.452 e. The molecule has 0 saturated carbocycles. The van der Waals surface area contributed by atoms with Gasteiger partial charge in [-0.3, -0.25) is 9.59 Å². The van der Waals surface area contributed by atoms with E-state index in [2.05, 4.69) is 5.32 Å². The maximum atomic E-state index is 13.9. The van der Waals surface area contributed by atoms with Crippen LogP contribution in [0.2, 0.25) is 0 Å². The van der Waals surface area contributed by atoms with Gasteiger partial charge in [-0.25, -0.2) is 9.18 Å². The van der Waals surface area contributed by atoms with Crippen molar-refractivity contribution < 1.29 is 23.5 Å². The molecule has 2 aromatic rings. The monoisotopic (exact) mass is 356 g/mol. The summed E-state index contributed by atoms with van der Waals surface area (Å²) in [5.74, 6) is -2.47. The molecule has 2 amide bonds. The molecule has 6 nitrogen and oxygen atoms in total. The van der Waals surface area contributed by atoms with Crippen LogP contribution in [-0.2, 0) is 20.7 Å². The summed E-state index contributed by atoms with van der Waals surface area (Å²) in [4.78, 5) is 37.1. The minimum absolute atomic E-state index is 0.269. The standard InChI is InChI=1S/C19H17FN2O4/c1-12(23)21-14-6-7-16(20)15(10-14)19(25)26-11-18(24)22-9-8-13-4-2-3-5-17(13)22/h2-7,10H,8-9,11H2,1H3,(H,21,23). The third kappa shape index (κ3) is 3.72. The predicted octanol–water partition coefficient (Wildman–Crippen LogP) is 2.53. The molecule has 1 aliphatic rings.